The first-order valence-corrected chi connectivity index (χ1v) is 11.4. The van der Waals surface area contributed by atoms with Gasteiger partial charge in [0.2, 0.25) is 5.91 Å². The lowest BCUT2D eigenvalue weighted by Gasteiger charge is -2.19. The average molecular weight is 452 g/mol. The Kier molecular flexibility index (Phi) is 6.62. The highest BCUT2D eigenvalue weighted by molar-refractivity contribution is 7.99. The second kappa shape index (κ2) is 9.58. The lowest BCUT2D eigenvalue weighted by molar-refractivity contribution is -0.119. The predicted octanol–water partition coefficient (Wildman–Crippen LogP) is 4.32. The lowest BCUT2D eigenvalue weighted by atomic mass is 10.2. The Balaban J connectivity index is 1.52. The molecule has 0 bridgehead atoms. The predicted molar refractivity (Wildman–Crippen MR) is 126 cm³/mol. The molecular weight excluding hydrogens is 426 g/mol. The van der Waals surface area contributed by atoms with Crippen LogP contribution < -0.4 is 10.9 Å². The molecule has 0 aliphatic carbocycles. The minimum Gasteiger partial charge on any atom is -0.459 e. The Bertz CT molecular complexity index is 1280. The molecule has 0 aliphatic rings. The molecule has 2 aromatic carbocycles. The number of hydrogen-bond acceptors (Lipinski definition) is 6. The van der Waals surface area contributed by atoms with Crippen molar-refractivity contribution in [2.75, 3.05) is 19.5 Å². The third kappa shape index (κ3) is 4.56. The van der Waals surface area contributed by atoms with Gasteiger partial charge in [-0.3, -0.25) is 14.2 Å². The number of thioether (sulfide) groups is 1. The van der Waals surface area contributed by atoms with Gasteiger partial charge in [-0.15, -0.1) is 0 Å². The molecule has 0 aliphatic heterocycles. The maximum atomic E-state index is 13.1. The first-order chi connectivity index (χ1) is 15.5. The summed E-state index contributed by atoms with van der Waals surface area (Å²) < 4.78 is 12.7. The van der Waals surface area contributed by atoms with Gasteiger partial charge in [-0.2, -0.15) is 0 Å². The van der Waals surface area contributed by atoms with Gasteiger partial charge in [0.1, 0.15) is 11.3 Å². The number of hydrogen-bond donors (Lipinski definition) is 1. The third-order valence-electron chi connectivity index (χ3n) is 5.21. The van der Waals surface area contributed by atoms with Crippen LogP contribution in [0.1, 0.15) is 31.7 Å². The van der Waals surface area contributed by atoms with E-state index in [1.807, 2.05) is 56.3 Å². The van der Waals surface area contributed by atoms with E-state index in [1.54, 1.807) is 23.8 Å². The first-order valence-electron chi connectivity index (χ1n) is 10.4. The molecule has 0 saturated carbocycles. The van der Waals surface area contributed by atoms with Gasteiger partial charge in [0.05, 0.1) is 35.3 Å². The summed E-state index contributed by atoms with van der Waals surface area (Å²) in [4.78, 5) is 30.4. The molecule has 0 radical (unpaired) electrons. The van der Waals surface area contributed by atoms with Crippen molar-refractivity contribution in [2.45, 2.75) is 31.1 Å². The molecular formula is C24H25N3O4S. The van der Waals surface area contributed by atoms with Gasteiger partial charge in [0, 0.05) is 12.5 Å². The fourth-order valence-electron chi connectivity index (χ4n) is 3.63. The first kappa shape index (κ1) is 22.1. The zero-order valence-corrected chi connectivity index (χ0v) is 19.0. The van der Waals surface area contributed by atoms with Crippen molar-refractivity contribution < 1.29 is 13.9 Å². The van der Waals surface area contributed by atoms with Crippen molar-refractivity contribution in [3.05, 3.63) is 70.7 Å². The van der Waals surface area contributed by atoms with Crippen LogP contribution in [-0.4, -0.2) is 34.9 Å². The summed E-state index contributed by atoms with van der Waals surface area (Å²) in [5.74, 6) is 0.644. The zero-order valence-electron chi connectivity index (χ0n) is 18.2. The average Bonchev–Trinajstić information content (AvgIpc) is 3.22. The highest BCUT2D eigenvalue weighted by atomic mass is 32.2. The van der Waals surface area contributed by atoms with Gasteiger partial charge < -0.3 is 14.5 Å². The summed E-state index contributed by atoms with van der Waals surface area (Å²) >= 11 is 1.23. The van der Waals surface area contributed by atoms with Crippen molar-refractivity contribution in [2.24, 2.45) is 0 Å². The number of methoxy groups -OCH3 is 1. The van der Waals surface area contributed by atoms with E-state index in [0.717, 1.165) is 11.0 Å². The molecule has 8 heteroatoms. The third-order valence-corrected chi connectivity index (χ3v) is 6.16. The van der Waals surface area contributed by atoms with Crippen molar-refractivity contribution in [3.63, 3.8) is 0 Å². The van der Waals surface area contributed by atoms with Crippen molar-refractivity contribution >= 4 is 39.5 Å². The molecule has 0 spiro atoms. The number of rotatable bonds is 8. The van der Waals surface area contributed by atoms with Gasteiger partial charge in [0.25, 0.3) is 5.56 Å². The fraction of sp³-hybridized carbons (Fsp3) is 0.292. The number of ether oxygens (including phenoxy) is 1. The van der Waals surface area contributed by atoms with E-state index in [1.165, 1.54) is 11.8 Å². The number of nitrogens with one attached hydrogen (secondary N) is 1. The van der Waals surface area contributed by atoms with Crippen LogP contribution >= 0.6 is 11.8 Å². The Morgan fingerprint density at radius 2 is 1.94 bits per heavy atom. The Labute approximate surface area is 189 Å². The largest absolute Gasteiger partial charge is 0.459 e. The molecule has 0 saturated heterocycles. The molecule has 0 fully saturated rings. The number of nitrogens with zero attached hydrogens (tertiary/aromatic N) is 2. The summed E-state index contributed by atoms with van der Waals surface area (Å²) in [6.45, 7) is 4.14. The van der Waals surface area contributed by atoms with E-state index in [0.29, 0.717) is 28.4 Å². The molecule has 4 rings (SSSR count). The number of amides is 1. The highest BCUT2D eigenvalue weighted by Gasteiger charge is 2.19. The molecule has 7 nitrogen and oxygen atoms in total. The highest BCUT2D eigenvalue weighted by Crippen LogP contribution is 2.24. The van der Waals surface area contributed by atoms with E-state index in [-0.39, 0.29) is 29.3 Å². The second-order valence-corrected chi connectivity index (χ2v) is 8.60. The molecule has 2 heterocycles. The summed E-state index contributed by atoms with van der Waals surface area (Å²) in [5.41, 5.74) is 1.25. The Morgan fingerprint density at radius 3 is 2.72 bits per heavy atom. The second-order valence-electron chi connectivity index (χ2n) is 7.66. The Hall–Kier alpha value is -3.10. The lowest BCUT2D eigenvalue weighted by Crippen LogP contribution is -2.30. The van der Waals surface area contributed by atoms with Crippen LogP contribution in [0.4, 0.5) is 0 Å². The molecule has 2 aromatic heterocycles. The van der Waals surface area contributed by atoms with E-state index in [9.17, 15) is 9.59 Å². The molecule has 2 unspecified atom stereocenters. The number of furan rings is 1. The molecule has 1 amide bonds. The van der Waals surface area contributed by atoms with Crippen LogP contribution in [0.5, 0.6) is 0 Å². The summed E-state index contributed by atoms with van der Waals surface area (Å²) in [6.07, 6.45) is 0. The quantitative estimate of drug-likeness (QED) is 0.317. The van der Waals surface area contributed by atoms with E-state index in [2.05, 4.69) is 10.3 Å². The number of carbonyl (C=O) groups is 1. The maximum absolute atomic E-state index is 13.1. The van der Waals surface area contributed by atoms with Crippen molar-refractivity contribution in [1.29, 1.82) is 0 Å². The van der Waals surface area contributed by atoms with E-state index in [4.69, 9.17) is 9.15 Å². The molecule has 4 aromatic rings. The van der Waals surface area contributed by atoms with Crippen molar-refractivity contribution in [1.82, 2.24) is 14.9 Å². The van der Waals surface area contributed by atoms with Gasteiger partial charge >= 0.3 is 0 Å². The van der Waals surface area contributed by atoms with Gasteiger partial charge in [-0.05, 0) is 38.1 Å². The van der Waals surface area contributed by atoms with Crippen molar-refractivity contribution in [3.8, 4) is 0 Å². The number of carbonyl (C=O) groups excluding carboxylic acids is 1. The van der Waals surface area contributed by atoms with Crippen LogP contribution in [0.25, 0.3) is 21.9 Å². The zero-order chi connectivity index (χ0) is 22.7. The van der Waals surface area contributed by atoms with Crippen LogP contribution in [0.2, 0.25) is 0 Å². The molecule has 2 atom stereocenters. The number of aromatic nitrogens is 2. The summed E-state index contributed by atoms with van der Waals surface area (Å²) in [7, 11) is 1.59. The van der Waals surface area contributed by atoms with Crippen LogP contribution in [0.3, 0.4) is 0 Å². The molecule has 166 valence electrons. The molecule has 32 heavy (non-hydrogen) atoms. The topological polar surface area (TPSA) is 86.4 Å². The normalized spacial score (nSPS) is 13.3. The van der Waals surface area contributed by atoms with Gasteiger partial charge in [-0.1, -0.05) is 42.1 Å². The SMILES string of the molecule is COCC(C)n1c(SCC(=O)NC(C)c2cc3ccccc3o2)nc2ccccc2c1=O. The van der Waals surface area contributed by atoms with E-state index < -0.39 is 0 Å². The maximum Gasteiger partial charge on any atom is 0.262 e. The fourth-order valence-corrected chi connectivity index (χ4v) is 4.54. The number of fused-ring (bicyclic) bond motifs is 2. The van der Waals surface area contributed by atoms with Crippen LogP contribution in [0.15, 0.2) is 69.0 Å². The Morgan fingerprint density at radius 1 is 1.19 bits per heavy atom. The smallest absolute Gasteiger partial charge is 0.262 e. The minimum absolute atomic E-state index is 0.120. The molecule has 1 N–H and O–H groups in total. The number of benzene rings is 2. The van der Waals surface area contributed by atoms with E-state index >= 15 is 0 Å². The minimum atomic E-state index is -0.283. The van der Waals surface area contributed by atoms with Gasteiger partial charge in [0.15, 0.2) is 5.16 Å². The summed E-state index contributed by atoms with van der Waals surface area (Å²) in [6, 6.07) is 16.4. The monoisotopic (exact) mass is 451 g/mol. The summed E-state index contributed by atoms with van der Waals surface area (Å²) in [5, 5.41) is 4.99. The standard InChI is InChI=1S/C24H25N3O4S/c1-15(13-30-3)27-23(29)18-9-5-6-10-19(18)26-24(27)32-14-22(28)25-16(2)21-12-17-8-4-7-11-20(17)31-21/h4-12,15-16H,13-14H2,1-3H3,(H,25,28). The number of para-hydroxylation sites is 2. The van der Waals surface area contributed by atoms with Crippen LogP contribution in [-0.2, 0) is 9.53 Å². The van der Waals surface area contributed by atoms with Crippen LogP contribution in [0, 0.1) is 0 Å². The van der Waals surface area contributed by atoms with Gasteiger partial charge in [-0.25, -0.2) is 4.98 Å².